The van der Waals surface area contributed by atoms with Crippen LogP contribution >= 0.6 is 27.3 Å². The van der Waals surface area contributed by atoms with Crippen molar-refractivity contribution in [2.75, 3.05) is 29.9 Å². The van der Waals surface area contributed by atoms with Gasteiger partial charge < -0.3 is 9.80 Å². The van der Waals surface area contributed by atoms with Crippen LogP contribution in [0.1, 0.15) is 9.67 Å². The average Bonchev–Trinajstić information content (AvgIpc) is 2.86. The molecule has 0 atom stereocenters. The number of fused-ring (bicyclic) bond motifs is 1. The molecule has 1 aromatic carbocycles. The molecule has 98 valence electrons. The predicted molar refractivity (Wildman–Crippen MR) is 83.4 cm³/mol. The van der Waals surface area contributed by atoms with Gasteiger partial charge in [-0.2, -0.15) is 0 Å². The Hall–Kier alpha value is -1.33. The van der Waals surface area contributed by atoms with Crippen LogP contribution in [0.3, 0.4) is 0 Å². The minimum absolute atomic E-state index is 0.0799. The van der Waals surface area contributed by atoms with Crippen molar-refractivity contribution in [1.82, 2.24) is 0 Å². The van der Waals surface area contributed by atoms with Gasteiger partial charge in [0.05, 0.1) is 20.0 Å². The number of halogens is 1. The lowest BCUT2D eigenvalue weighted by molar-refractivity contribution is 0.0990. The first kappa shape index (κ1) is 12.7. The fourth-order valence-corrected chi connectivity index (χ4v) is 3.61. The molecule has 0 aliphatic carbocycles. The molecule has 3 nitrogen and oxygen atoms in total. The Labute approximate surface area is 124 Å². The number of benzene rings is 1. The van der Waals surface area contributed by atoms with Gasteiger partial charge in [0, 0.05) is 20.1 Å². The molecule has 0 bridgehead atoms. The lowest BCUT2D eigenvalue weighted by Crippen LogP contribution is -2.42. The molecule has 0 spiro atoms. The molecular formula is C14H13BrN2OS. The quantitative estimate of drug-likeness (QED) is 0.794. The van der Waals surface area contributed by atoms with Crippen molar-refractivity contribution in [2.24, 2.45) is 0 Å². The van der Waals surface area contributed by atoms with Crippen molar-refractivity contribution in [3.63, 3.8) is 0 Å². The third-order valence-electron chi connectivity index (χ3n) is 3.27. The maximum Gasteiger partial charge on any atom is 0.268 e. The maximum atomic E-state index is 12.6. The summed E-state index contributed by atoms with van der Waals surface area (Å²) in [6.45, 7) is 1.58. The highest BCUT2D eigenvalue weighted by atomic mass is 79.9. The second kappa shape index (κ2) is 4.98. The van der Waals surface area contributed by atoms with E-state index in [9.17, 15) is 4.79 Å². The van der Waals surface area contributed by atoms with E-state index in [1.165, 1.54) is 11.3 Å². The van der Waals surface area contributed by atoms with Crippen LogP contribution in [0, 0.1) is 0 Å². The van der Waals surface area contributed by atoms with E-state index in [0.717, 1.165) is 33.1 Å². The number of hydrogen-bond acceptors (Lipinski definition) is 3. The zero-order chi connectivity index (χ0) is 13.4. The van der Waals surface area contributed by atoms with Gasteiger partial charge in [-0.1, -0.05) is 12.1 Å². The molecule has 1 amide bonds. The second-order valence-electron chi connectivity index (χ2n) is 4.47. The lowest BCUT2D eigenvalue weighted by atomic mass is 10.1. The molecule has 1 aliphatic rings. The van der Waals surface area contributed by atoms with Gasteiger partial charge in [-0.25, -0.2) is 0 Å². The van der Waals surface area contributed by atoms with Crippen LogP contribution in [-0.4, -0.2) is 26.0 Å². The highest BCUT2D eigenvalue weighted by Crippen LogP contribution is 2.34. The first-order chi connectivity index (χ1) is 9.16. The van der Waals surface area contributed by atoms with E-state index in [0.29, 0.717) is 0 Å². The van der Waals surface area contributed by atoms with Gasteiger partial charge in [-0.3, -0.25) is 4.79 Å². The van der Waals surface area contributed by atoms with Gasteiger partial charge in [-0.05, 0) is 40.2 Å². The van der Waals surface area contributed by atoms with E-state index in [1.54, 1.807) is 0 Å². The number of anilines is 2. The third-order valence-corrected chi connectivity index (χ3v) is 4.88. The monoisotopic (exact) mass is 336 g/mol. The summed E-state index contributed by atoms with van der Waals surface area (Å²) in [6, 6.07) is 11.8. The van der Waals surface area contributed by atoms with Gasteiger partial charge in [0.15, 0.2) is 0 Å². The molecule has 0 saturated carbocycles. The van der Waals surface area contributed by atoms with E-state index < -0.39 is 0 Å². The summed E-state index contributed by atoms with van der Waals surface area (Å²) >= 11 is 4.88. The smallest absolute Gasteiger partial charge is 0.268 e. The van der Waals surface area contributed by atoms with Crippen molar-refractivity contribution in [1.29, 1.82) is 0 Å². The molecule has 0 unspecified atom stereocenters. The molecule has 5 heteroatoms. The van der Waals surface area contributed by atoms with Crippen LogP contribution in [0.15, 0.2) is 40.2 Å². The number of hydrogen-bond donors (Lipinski definition) is 0. The summed E-state index contributed by atoms with van der Waals surface area (Å²) < 4.78 is 0.985. The Morgan fingerprint density at radius 1 is 1.16 bits per heavy atom. The number of nitrogens with zero attached hydrogens (tertiary/aromatic N) is 2. The number of carbonyl (C=O) groups excluding carboxylic acids is 1. The van der Waals surface area contributed by atoms with Crippen molar-refractivity contribution >= 4 is 44.5 Å². The van der Waals surface area contributed by atoms with Crippen LogP contribution in [0.2, 0.25) is 0 Å². The lowest BCUT2D eigenvalue weighted by Gasteiger charge is -2.35. The fourth-order valence-electron chi connectivity index (χ4n) is 2.28. The zero-order valence-corrected chi connectivity index (χ0v) is 12.9. The van der Waals surface area contributed by atoms with Crippen LogP contribution in [0.25, 0.3) is 0 Å². The van der Waals surface area contributed by atoms with Crippen LogP contribution < -0.4 is 9.80 Å². The number of thiophene rings is 1. The van der Waals surface area contributed by atoms with Gasteiger partial charge in [0.2, 0.25) is 0 Å². The summed E-state index contributed by atoms with van der Waals surface area (Å²) in [7, 11) is 2.06. The van der Waals surface area contributed by atoms with Gasteiger partial charge in [0.1, 0.15) is 0 Å². The molecule has 0 fully saturated rings. The summed E-state index contributed by atoms with van der Waals surface area (Å²) in [5.41, 5.74) is 2.10. The second-order valence-corrected chi connectivity index (χ2v) is 6.93. The van der Waals surface area contributed by atoms with E-state index in [4.69, 9.17) is 0 Å². The minimum atomic E-state index is 0.0799. The Morgan fingerprint density at radius 2 is 1.89 bits per heavy atom. The Balaban J connectivity index is 1.98. The molecule has 0 N–H and O–H groups in total. The van der Waals surface area contributed by atoms with Gasteiger partial charge in [-0.15, -0.1) is 11.3 Å². The topological polar surface area (TPSA) is 23.6 Å². The van der Waals surface area contributed by atoms with Crippen LogP contribution in [-0.2, 0) is 0 Å². The van der Waals surface area contributed by atoms with Crippen molar-refractivity contribution in [3.8, 4) is 0 Å². The summed E-state index contributed by atoms with van der Waals surface area (Å²) in [5.74, 6) is 0.0799. The number of amides is 1. The SMILES string of the molecule is CN1CCN(C(=O)c2ccc(Br)s2)c2ccccc21. The van der Waals surface area contributed by atoms with Crippen molar-refractivity contribution in [3.05, 3.63) is 45.1 Å². The average molecular weight is 337 g/mol. The molecule has 0 radical (unpaired) electrons. The number of para-hydroxylation sites is 2. The molecule has 1 aliphatic heterocycles. The first-order valence-electron chi connectivity index (χ1n) is 6.04. The molecule has 2 aromatic rings. The minimum Gasteiger partial charge on any atom is -0.371 e. The molecule has 0 saturated heterocycles. The highest BCUT2D eigenvalue weighted by molar-refractivity contribution is 9.11. The van der Waals surface area contributed by atoms with E-state index in [-0.39, 0.29) is 5.91 Å². The van der Waals surface area contributed by atoms with E-state index >= 15 is 0 Å². The standard InChI is InChI=1S/C14H13BrN2OS/c1-16-8-9-17(11-5-3-2-4-10(11)16)14(18)12-6-7-13(15)19-12/h2-7H,8-9H2,1H3. The first-order valence-corrected chi connectivity index (χ1v) is 7.65. The molecular weight excluding hydrogens is 324 g/mol. The van der Waals surface area contributed by atoms with E-state index in [1.807, 2.05) is 35.2 Å². The third kappa shape index (κ3) is 2.28. The number of rotatable bonds is 1. The van der Waals surface area contributed by atoms with Gasteiger partial charge in [0.25, 0.3) is 5.91 Å². The van der Waals surface area contributed by atoms with Crippen molar-refractivity contribution in [2.45, 2.75) is 0 Å². The van der Waals surface area contributed by atoms with E-state index in [2.05, 4.69) is 33.9 Å². The summed E-state index contributed by atoms with van der Waals surface area (Å²) in [5, 5.41) is 0. The van der Waals surface area contributed by atoms with Gasteiger partial charge >= 0.3 is 0 Å². The Bertz CT molecular complexity index is 625. The molecule has 19 heavy (non-hydrogen) atoms. The van der Waals surface area contributed by atoms with Crippen LogP contribution in [0.4, 0.5) is 11.4 Å². The zero-order valence-electron chi connectivity index (χ0n) is 10.5. The highest BCUT2D eigenvalue weighted by Gasteiger charge is 2.26. The predicted octanol–water partition coefficient (Wildman–Crippen LogP) is 3.61. The molecule has 3 rings (SSSR count). The number of likely N-dealkylation sites (N-methyl/N-ethyl adjacent to an activating group) is 1. The van der Waals surface area contributed by atoms with Crippen LogP contribution in [0.5, 0.6) is 0 Å². The normalized spacial score (nSPS) is 14.4. The fraction of sp³-hybridized carbons (Fsp3) is 0.214. The van der Waals surface area contributed by atoms with Crippen molar-refractivity contribution < 1.29 is 4.79 Å². The molecule has 2 heterocycles. The molecule has 1 aromatic heterocycles. The summed E-state index contributed by atoms with van der Waals surface area (Å²) in [4.78, 5) is 17.4. The largest absolute Gasteiger partial charge is 0.371 e. The Morgan fingerprint density at radius 3 is 2.58 bits per heavy atom. The Kier molecular flexibility index (Phi) is 3.33. The maximum absolute atomic E-state index is 12.6. The number of carbonyl (C=O) groups is 1. The summed E-state index contributed by atoms with van der Waals surface area (Å²) in [6.07, 6.45) is 0.